The minimum Gasteiger partial charge on any atom is -0.402 e. The van der Waals surface area contributed by atoms with Crippen LogP contribution in [0.15, 0.2) is 83.5 Å². The largest absolute Gasteiger partial charge is 0.402 e. The summed E-state index contributed by atoms with van der Waals surface area (Å²) in [6, 6.07) is 22.6. The van der Waals surface area contributed by atoms with E-state index in [2.05, 4.69) is 11.1 Å². The molecule has 0 aliphatic carbocycles. The highest BCUT2D eigenvalue weighted by Crippen LogP contribution is 2.32. The topological polar surface area (TPSA) is 81.8 Å². The summed E-state index contributed by atoms with van der Waals surface area (Å²) in [5.74, 6) is -0.415. The second-order valence-corrected chi connectivity index (χ2v) is 7.33. The first kappa shape index (κ1) is 18.7. The van der Waals surface area contributed by atoms with Gasteiger partial charge < -0.3 is 4.74 Å². The number of hydrogen-bond acceptors (Lipinski definition) is 5. The van der Waals surface area contributed by atoms with Gasteiger partial charge in [0, 0.05) is 17.2 Å². The summed E-state index contributed by atoms with van der Waals surface area (Å²) in [5.41, 5.74) is 2.08. The van der Waals surface area contributed by atoms with E-state index in [1.165, 1.54) is 12.1 Å². The fraction of sp³-hybridized carbons (Fsp3) is 0.0400. The Kier molecular flexibility index (Phi) is 4.33. The standard InChI is InChI=1S/C25H16N2O4/c1-15-12-18(10-11-23(15)27(29)30)24-26-22(25(28)31-24)14-21-19-8-4-2-6-16(19)13-17-7-3-5-9-20(17)21/h2-14H,1H3/b22-14-. The van der Waals surface area contributed by atoms with Crippen molar-refractivity contribution in [1.29, 1.82) is 0 Å². The first-order valence-corrected chi connectivity index (χ1v) is 9.70. The first-order valence-electron chi connectivity index (χ1n) is 9.70. The maximum Gasteiger partial charge on any atom is 0.363 e. The lowest BCUT2D eigenvalue weighted by Crippen LogP contribution is -2.06. The van der Waals surface area contributed by atoms with Gasteiger partial charge in [0.1, 0.15) is 0 Å². The molecule has 5 rings (SSSR count). The van der Waals surface area contributed by atoms with Crippen LogP contribution in [0.3, 0.4) is 0 Å². The van der Waals surface area contributed by atoms with Gasteiger partial charge in [0.25, 0.3) is 5.69 Å². The molecule has 1 heterocycles. The molecule has 6 nitrogen and oxygen atoms in total. The van der Waals surface area contributed by atoms with Crippen LogP contribution < -0.4 is 0 Å². The quantitative estimate of drug-likeness (QED) is 0.146. The van der Waals surface area contributed by atoms with Gasteiger partial charge in [-0.2, -0.15) is 0 Å². The van der Waals surface area contributed by atoms with Crippen LogP contribution >= 0.6 is 0 Å². The highest BCUT2D eigenvalue weighted by atomic mass is 16.6. The van der Waals surface area contributed by atoms with Gasteiger partial charge in [-0.3, -0.25) is 10.1 Å². The summed E-state index contributed by atoms with van der Waals surface area (Å²) in [4.78, 5) is 27.6. The van der Waals surface area contributed by atoms with Crippen molar-refractivity contribution >= 4 is 45.2 Å². The molecule has 0 aromatic heterocycles. The van der Waals surface area contributed by atoms with Crippen molar-refractivity contribution in [3.8, 4) is 0 Å². The Morgan fingerprint density at radius 3 is 2.19 bits per heavy atom. The maximum atomic E-state index is 12.6. The van der Waals surface area contributed by atoms with Crippen molar-refractivity contribution in [2.45, 2.75) is 6.92 Å². The first-order chi connectivity index (χ1) is 15.0. The second-order valence-electron chi connectivity index (χ2n) is 7.33. The van der Waals surface area contributed by atoms with Crippen molar-refractivity contribution < 1.29 is 14.5 Å². The van der Waals surface area contributed by atoms with Gasteiger partial charge in [0.2, 0.25) is 5.90 Å². The Labute approximate surface area is 177 Å². The van der Waals surface area contributed by atoms with Gasteiger partial charge >= 0.3 is 5.97 Å². The summed E-state index contributed by atoms with van der Waals surface area (Å²) in [7, 11) is 0. The number of aryl methyl sites for hydroxylation is 1. The smallest absolute Gasteiger partial charge is 0.363 e. The van der Waals surface area contributed by atoms with E-state index in [9.17, 15) is 14.9 Å². The number of nitro groups is 1. The number of nitrogens with zero attached hydrogens (tertiary/aromatic N) is 2. The van der Waals surface area contributed by atoms with Crippen LogP contribution in [0.1, 0.15) is 16.7 Å². The van der Waals surface area contributed by atoms with Crippen LogP contribution in [-0.2, 0) is 9.53 Å². The summed E-state index contributed by atoms with van der Waals surface area (Å²) >= 11 is 0. The maximum absolute atomic E-state index is 12.6. The number of hydrogen-bond donors (Lipinski definition) is 0. The van der Waals surface area contributed by atoms with Gasteiger partial charge in [0.15, 0.2) is 5.70 Å². The van der Waals surface area contributed by atoms with E-state index >= 15 is 0 Å². The van der Waals surface area contributed by atoms with Crippen molar-refractivity contribution in [2.75, 3.05) is 0 Å². The van der Waals surface area contributed by atoms with Crippen molar-refractivity contribution in [2.24, 2.45) is 4.99 Å². The van der Waals surface area contributed by atoms with Crippen molar-refractivity contribution in [3.63, 3.8) is 0 Å². The molecule has 31 heavy (non-hydrogen) atoms. The van der Waals surface area contributed by atoms with Gasteiger partial charge in [-0.15, -0.1) is 0 Å². The molecule has 4 aromatic rings. The van der Waals surface area contributed by atoms with Crippen LogP contribution in [0.5, 0.6) is 0 Å². The van der Waals surface area contributed by atoms with Crippen LogP contribution in [0.2, 0.25) is 0 Å². The van der Waals surface area contributed by atoms with E-state index in [-0.39, 0.29) is 17.3 Å². The molecule has 0 unspecified atom stereocenters. The molecule has 4 aromatic carbocycles. The Morgan fingerprint density at radius 2 is 1.58 bits per heavy atom. The highest BCUT2D eigenvalue weighted by Gasteiger charge is 2.26. The number of nitro benzene ring substituents is 1. The van der Waals surface area contributed by atoms with E-state index < -0.39 is 10.9 Å². The lowest BCUT2D eigenvalue weighted by Gasteiger charge is -2.08. The number of aliphatic imine (C=N–C) groups is 1. The lowest BCUT2D eigenvalue weighted by atomic mass is 9.96. The molecule has 0 saturated carbocycles. The number of carbonyl (C=O) groups is 1. The third-order valence-electron chi connectivity index (χ3n) is 5.35. The summed E-state index contributed by atoms with van der Waals surface area (Å²) in [5, 5.41) is 15.2. The molecular formula is C25H16N2O4. The van der Waals surface area contributed by atoms with Gasteiger partial charge in [0.05, 0.1) is 4.92 Å². The van der Waals surface area contributed by atoms with Gasteiger partial charge in [-0.05, 0) is 58.3 Å². The normalized spacial score (nSPS) is 14.8. The summed E-state index contributed by atoms with van der Waals surface area (Å²) in [6.45, 7) is 1.64. The molecule has 0 fully saturated rings. The van der Waals surface area contributed by atoms with Crippen molar-refractivity contribution in [3.05, 3.63) is 105 Å². The molecule has 0 spiro atoms. The molecule has 0 bridgehead atoms. The van der Waals surface area contributed by atoms with Gasteiger partial charge in [-0.1, -0.05) is 48.5 Å². The molecule has 6 heteroatoms. The predicted molar refractivity (Wildman–Crippen MR) is 120 cm³/mol. The molecule has 150 valence electrons. The minimum atomic E-state index is -0.553. The van der Waals surface area contributed by atoms with E-state index in [4.69, 9.17) is 4.74 Å². The molecule has 1 aliphatic rings. The minimum absolute atomic E-state index is 0.00617. The summed E-state index contributed by atoms with van der Waals surface area (Å²) < 4.78 is 5.38. The second kappa shape index (κ2) is 7.18. The summed E-state index contributed by atoms with van der Waals surface area (Å²) in [6.07, 6.45) is 1.75. The molecule has 0 radical (unpaired) electrons. The van der Waals surface area contributed by atoms with Crippen LogP contribution in [-0.4, -0.2) is 16.8 Å². The number of cyclic esters (lactones) is 1. The number of ether oxygens (including phenoxy) is 1. The fourth-order valence-corrected chi connectivity index (χ4v) is 3.87. The number of esters is 1. The third kappa shape index (κ3) is 3.24. The molecule has 0 atom stereocenters. The molecule has 1 aliphatic heterocycles. The fourth-order valence-electron chi connectivity index (χ4n) is 3.87. The van der Waals surface area contributed by atoms with Crippen molar-refractivity contribution in [1.82, 2.24) is 0 Å². The Balaban J connectivity index is 1.65. The highest BCUT2D eigenvalue weighted by molar-refractivity contribution is 6.15. The van der Waals surface area contributed by atoms with Crippen LogP contribution in [0, 0.1) is 17.0 Å². The number of rotatable bonds is 3. The SMILES string of the molecule is Cc1cc(C2=N/C(=C\c3c4ccccc4cc4ccccc34)C(=O)O2)ccc1[N+](=O)[O-]. The Morgan fingerprint density at radius 1 is 0.935 bits per heavy atom. The molecule has 0 amide bonds. The van der Waals surface area contributed by atoms with Gasteiger partial charge in [-0.25, -0.2) is 9.79 Å². The average molecular weight is 408 g/mol. The zero-order valence-corrected chi connectivity index (χ0v) is 16.5. The monoisotopic (exact) mass is 408 g/mol. The predicted octanol–water partition coefficient (Wildman–Crippen LogP) is 5.55. The zero-order chi connectivity index (χ0) is 21.5. The Bertz CT molecular complexity index is 1410. The van der Waals surface area contributed by atoms with E-state index in [0.29, 0.717) is 11.1 Å². The van der Waals surface area contributed by atoms with Crippen LogP contribution in [0.4, 0.5) is 5.69 Å². The molecule has 0 saturated heterocycles. The van der Waals surface area contributed by atoms with E-state index in [1.807, 2.05) is 48.5 Å². The van der Waals surface area contributed by atoms with Crippen LogP contribution in [0.25, 0.3) is 27.6 Å². The molecular weight excluding hydrogens is 392 g/mol. The Hall–Kier alpha value is -4.32. The van der Waals surface area contributed by atoms with E-state index in [0.717, 1.165) is 27.1 Å². The number of fused-ring (bicyclic) bond motifs is 2. The lowest BCUT2D eigenvalue weighted by molar-refractivity contribution is -0.385. The number of carbonyl (C=O) groups excluding carboxylic acids is 1. The van der Waals surface area contributed by atoms with E-state index in [1.54, 1.807) is 19.1 Å². The third-order valence-corrected chi connectivity index (χ3v) is 5.35. The number of benzene rings is 4. The molecule has 0 N–H and O–H groups in total. The average Bonchev–Trinajstić information content (AvgIpc) is 3.13. The zero-order valence-electron chi connectivity index (χ0n) is 16.5.